The van der Waals surface area contributed by atoms with Gasteiger partial charge in [-0.15, -0.1) is 0 Å². The number of piperazine rings is 1. The van der Waals surface area contributed by atoms with Crippen LogP contribution >= 0.6 is 0 Å². The molecule has 1 amide bonds. The summed E-state index contributed by atoms with van der Waals surface area (Å²) >= 11 is 0. The molecular weight excluding hydrogens is 369 g/mol. The highest BCUT2D eigenvalue weighted by Crippen LogP contribution is 2.26. The van der Waals surface area contributed by atoms with Crippen LogP contribution in [0.15, 0.2) is 42.7 Å². The summed E-state index contributed by atoms with van der Waals surface area (Å²) in [7, 11) is 3.89. The van der Waals surface area contributed by atoms with E-state index in [1.54, 1.807) is 31.5 Å². The van der Waals surface area contributed by atoms with E-state index in [4.69, 9.17) is 5.73 Å². The Labute approximate surface area is 171 Å². The van der Waals surface area contributed by atoms with Gasteiger partial charge in [-0.3, -0.25) is 9.78 Å². The van der Waals surface area contributed by atoms with Crippen LogP contribution in [0.1, 0.15) is 16.7 Å². The van der Waals surface area contributed by atoms with Crippen LogP contribution < -0.4 is 5.73 Å². The normalized spacial score (nSPS) is 15.8. The molecule has 29 heavy (non-hydrogen) atoms. The standard InChI is InChI=1S/C22H28FN5O/c1-16-4-5-18(14-19(16)23)21(24)22(17-6-8-25-9-7-17)27(3)15-20(29)28-12-10-26(2)11-13-28/h4-9,14H,10-13,15,24H2,1-3H3/b22-21-. The van der Waals surface area contributed by atoms with E-state index in [9.17, 15) is 9.18 Å². The second-order valence-corrected chi connectivity index (χ2v) is 7.50. The molecule has 0 spiro atoms. The number of aryl methyl sites for hydroxylation is 1. The molecule has 1 aliphatic rings. The summed E-state index contributed by atoms with van der Waals surface area (Å²) in [4.78, 5) is 22.8. The van der Waals surface area contributed by atoms with Crippen molar-refractivity contribution in [2.75, 3.05) is 46.8 Å². The van der Waals surface area contributed by atoms with Gasteiger partial charge in [0, 0.05) is 56.7 Å². The molecule has 7 heteroatoms. The summed E-state index contributed by atoms with van der Waals surface area (Å²) in [6.45, 7) is 5.08. The highest BCUT2D eigenvalue weighted by molar-refractivity contribution is 5.90. The zero-order chi connectivity index (χ0) is 21.0. The molecule has 0 unspecified atom stereocenters. The number of rotatable bonds is 5. The summed E-state index contributed by atoms with van der Waals surface area (Å²) in [6, 6.07) is 8.61. The monoisotopic (exact) mass is 397 g/mol. The lowest BCUT2D eigenvalue weighted by atomic mass is 10.0. The maximum Gasteiger partial charge on any atom is 0.242 e. The third-order valence-corrected chi connectivity index (χ3v) is 5.30. The van der Waals surface area contributed by atoms with Crippen LogP contribution in [0.2, 0.25) is 0 Å². The molecule has 0 bridgehead atoms. The van der Waals surface area contributed by atoms with E-state index in [-0.39, 0.29) is 18.3 Å². The molecule has 0 aliphatic carbocycles. The van der Waals surface area contributed by atoms with Gasteiger partial charge in [-0.1, -0.05) is 12.1 Å². The van der Waals surface area contributed by atoms with Crippen molar-refractivity contribution >= 4 is 17.3 Å². The third-order valence-electron chi connectivity index (χ3n) is 5.30. The predicted octanol–water partition coefficient (Wildman–Crippen LogP) is 2.02. The number of nitrogens with zero attached hydrogens (tertiary/aromatic N) is 4. The molecule has 2 N–H and O–H groups in total. The Morgan fingerprint density at radius 3 is 2.41 bits per heavy atom. The van der Waals surface area contributed by atoms with Crippen LogP contribution in [-0.2, 0) is 4.79 Å². The van der Waals surface area contributed by atoms with Crippen molar-refractivity contribution < 1.29 is 9.18 Å². The van der Waals surface area contributed by atoms with Gasteiger partial charge in [-0.05, 0) is 37.7 Å². The van der Waals surface area contributed by atoms with E-state index < -0.39 is 0 Å². The minimum Gasteiger partial charge on any atom is -0.397 e. The molecule has 154 valence electrons. The van der Waals surface area contributed by atoms with Gasteiger partial charge in [0.1, 0.15) is 5.82 Å². The van der Waals surface area contributed by atoms with Gasteiger partial charge in [0.05, 0.1) is 17.9 Å². The first-order valence-electron chi connectivity index (χ1n) is 9.71. The van der Waals surface area contributed by atoms with Crippen LogP contribution in [0, 0.1) is 12.7 Å². The maximum absolute atomic E-state index is 14.1. The van der Waals surface area contributed by atoms with E-state index in [1.165, 1.54) is 6.07 Å². The van der Waals surface area contributed by atoms with Crippen molar-refractivity contribution in [1.82, 2.24) is 19.7 Å². The van der Waals surface area contributed by atoms with Crippen LogP contribution in [0.5, 0.6) is 0 Å². The van der Waals surface area contributed by atoms with Crippen LogP contribution in [0.4, 0.5) is 4.39 Å². The molecule has 2 aromatic rings. The van der Waals surface area contributed by atoms with Crippen molar-refractivity contribution in [3.8, 4) is 0 Å². The number of hydrogen-bond donors (Lipinski definition) is 1. The minimum atomic E-state index is -0.310. The van der Waals surface area contributed by atoms with Gasteiger partial charge >= 0.3 is 0 Å². The summed E-state index contributed by atoms with van der Waals surface area (Å²) in [6.07, 6.45) is 3.35. The smallest absolute Gasteiger partial charge is 0.242 e. The lowest BCUT2D eigenvalue weighted by Crippen LogP contribution is -2.49. The molecule has 1 aliphatic heterocycles. The fourth-order valence-corrected chi connectivity index (χ4v) is 3.43. The first kappa shape index (κ1) is 20.8. The second-order valence-electron chi connectivity index (χ2n) is 7.50. The average molecular weight is 397 g/mol. The summed E-state index contributed by atoms with van der Waals surface area (Å²) in [5, 5.41) is 0. The number of carbonyl (C=O) groups is 1. The summed E-state index contributed by atoms with van der Waals surface area (Å²) in [5.74, 6) is -0.259. The Kier molecular flexibility index (Phi) is 6.49. The Morgan fingerprint density at radius 1 is 1.14 bits per heavy atom. The zero-order valence-corrected chi connectivity index (χ0v) is 17.2. The number of benzene rings is 1. The van der Waals surface area contributed by atoms with Crippen molar-refractivity contribution in [3.05, 3.63) is 65.2 Å². The molecule has 1 aromatic carbocycles. The molecule has 1 aromatic heterocycles. The summed E-state index contributed by atoms with van der Waals surface area (Å²) in [5.41, 5.74) is 9.55. The van der Waals surface area contributed by atoms with Crippen molar-refractivity contribution in [2.24, 2.45) is 5.73 Å². The molecule has 0 atom stereocenters. The van der Waals surface area contributed by atoms with Crippen molar-refractivity contribution in [1.29, 1.82) is 0 Å². The number of nitrogens with two attached hydrogens (primary N) is 1. The summed E-state index contributed by atoms with van der Waals surface area (Å²) < 4.78 is 14.1. The minimum absolute atomic E-state index is 0.0510. The molecule has 3 rings (SSSR count). The Morgan fingerprint density at radius 2 is 1.79 bits per heavy atom. The average Bonchev–Trinajstić information content (AvgIpc) is 2.71. The number of halogens is 1. The molecule has 1 saturated heterocycles. The number of amides is 1. The van der Waals surface area contributed by atoms with E-state index in [1.807, 2.05) is 29.0 Å². The fourth-order valence-electron chi connectivity index (χ4n) is 3.43. The van der Waals surface area contributed by atoms with Gasteiger partial charge < -0.3 is 20.4 Å². The fraction of sp³-hybridized carbons (Fsp3) is 0.364. The van der Waals surface area contributed by atoms with Gasteiger partial charge in [-0.2, -0.15) is 0 Å². The van der Waals surface area contributed by atoms with E-state index in [0.717, 1.165) is 31.7 Å². The first-order valence-corrected chi connectivity index (χ1v) is 9.71. The molecule has 6 nitrogen and oxygen atoms in total. The third kappa shape index (κ3) is 4.92. The largest absolute Gasteiger partial charge is 0.397 e. The lowest BCUT2D eigenvalue weighted by molar-refractivity contribution is -0.133. The maximum atomic E-state index is 14.1. The number of aromatic nitrogens is 1. The van der Waals surface area contributed by atoms with Crippen molar-refractivity contribution in [2.45, 2.75) is 6.92 Å². The van der Waals surface area contributed by atoms with Gasteiger partial charge in [-0.25, -0.2) is 4.39 Å². The number of carbonyl (C=O) groups excluding carboxylic acids is 1. The lowest BCUT2D eigenvalue weighted by Gasteiger charge is -2.34. The Hall–Kier alpha value is -2.93. The molecule has 2 heterocycles. The van der Waals surface area contributed by atoms with Gasteiger partial charge in [0.15, 0.2) is 0 Å². The van der Waals surface area contributed by atoms with Gasteiger partial charge in [0.25, 0.3) is 0 Å². The Balaban J connectivity index is 1.91. The highest BCUT2D eigenvalue weighted by Gasteiger charge is 2.22. The molecule has 1 fully saturated rings. The first-order chi connectivity index (χ1) is 13.9. The van der Waals surface area contributed by atoms with Crippen LogP contribution in [0.3, 0.4) is 0 Å². The molecule has 0 radical (unpaired) electrons. The highest BCUT2D eigenvalue weighted by atomic mass is 19.1. The van der Waals surface area contributed by atoms with E-state index in [0.29, 0.717) is 22.5 Å². The van der Waals surface area contributed by atoms with Crippen molar-refractivity contribution in [3.63, 3.8) is 0 Å². The number of likely N-dealkylation sites (N-methyl/N-ethyl adjacent to an activating group) is 2. The topological polar surface area (TPSA) is 65.7 Å². The molecule has 0 saturated carbocycles. The van der Waals surface area contributed by atoms with Crippen LogP contribution in [-0.4, -0.2) is 72.4 Å². The zero-order valence-electron chi connectivity index (χ0n) is 17.2. The SMILES string of the molecule is Cc1ccc(/C(N)=C(\c2ccncc2)N(C)CC(=O)N2CCN(C)CC2)cc1F. The predicted molar refractivity (Wildman–Crippen MR) is 113 cm³/mol. The second kappa shape index (κ2) is 9.05. The van der Waals surface area contributed by atoms with Crippen LogP contribution in [0.25, 0.3) is 11.4 Å². The van der Waals surface area contributed by atoms with Gasteiger partial charge in [0.2, 0.25) is 5.91 Å². The van der Waals surface area contributed by atoms with E-state index >= 15 is 0 Å². The number of pyridine rings is 1. The Bertz CT molecular complexity index is 891. The quantitative estimate of drug-likeness (QED) is 0.836. The molecular formula is C22H28FN5O. The van der Waals surface area contributed by atoms with E-state index in [2.05, 4.69) is 16.9 Å². The number of hydrogen-bond acceptors (Lipinski definition) is 5.